The van der Waals surface area contributed by atoms with Crippen LogP contribution < -0.4 is 16.6 Å². The number of carbonyl (C=O) groups is 1. The quantitative estimate of drug-likeness (QED) is 0.615. The first-order chi connectivity index (χ1) is 9.34. The smallest absolute Gasteiger partial charge is 0.251 e. The van der Waals surface area contributed by atoms with Gasteiger partial charge in [-0.05, 0) is 13.0 Å². The number of amides is 1. The van der Waals surface area contributed by atoms with Gasteiger partial charge in [-0.2, -0.15) is 0 Å². The van der Waals surface area contributed by atoms with Crippen molar-refractivity contribution in [2.75, 3.05) is 26.0 Å². The molecule has 112 valence electrons. The fourth-order valence-corrected chi connectivity index (χ4v) is 1.58. The Bertz CT molecular complexity index is 511. The van der Waals surface area contributed by atoms with Crippen LogP contribution in [0.25, 0.3) is 0 Å². The molecule has 1 aromatic heterocycles. The molecule has 20 heavy (non-hydrogen) atoms. The summed E-state index contributed by atoms with van der Waals surface area (Å²) < 4.78 is 6.09. The van der Waals surface area contributed by atoms with E-state index in [1.165, 1.54) is 22.9 Å². The molecule has 0 spiro atoms. The van der Waals surface area contributed by atoms with Crippen LogP contribution in [-0.4, -0.2) is 41.4 Å². The van der Waals surface area contributed by atoms with Crippen LogP contribution in [0.4, 0.5) is 5.69 Å². The minimum absolute atomic E-state index is 0.0895. The molecule has 7 nitrogen and oxygen atoms in total. The largest absolute Gasteiger partial charge is 0.398 e. The Kier molecular flexibility index (Phi) is 5.72. The van der Waals surface area contributed by atoms with E-state index in [9.17, 15) is 14.7 Å². The molecule has 0 aliphatic rings. The van der Waals surface area contributed by atoms with Gasteiger partial charge in [0.2, 0.25) is 5.91 Å². The zero-order valence-corrected chi connectivity index (χ0v) is 11.8. The molecule has 0 aliphatic carbocycles. The van der Waals surface area contributed by atoms with Gasteiger partial charge in [-0.15, -0.1) is 0 Å². The number of nitrogens with two attached hydrogens (primary N) is 1. The summed E-state index contributed by atoms with van der Waals surface area (Å²) in [6, 6.07) is 2.78. The lowest BCUT2D eigenvalue weighted by molar-refractivity contribution is -0.123. The van der Waals surface area contributed by atoms with Crippen LogP contribution in [0, 0.1) is 0 Å². The minimum Gasteiger partial charge on any atom is -0.398 e. The van der Waals surface area contributed by atoms with E-state index in [1.54, 1.807) is 14.0 Å². The number of carbonyl (C=O) groups excluding carboxylic acids is 1. The second-order valence-corrected chi connectivity index (χ2v) is 4.95. The molecule has 0 saturated carbocycles. The van der Waals surface area contributed by atoms with Crippen molar-refractivity contribution >= 4 is 11.6 Å². The molecular formula is C13H21N3O4. The third-order valence-corrected chi connectivity index (χ3v) is 2.83. The molecule has 0 fully saturated rings. The number of rotatable bonds is 7. The molecule has 1 amide bonds. The normalized spacial score (nSPS) is 13.8. The number of ether oxygens (including phenoxy) is 1. The van der Waals surface area contributed by atoms with Gasteiger partial charge in [0.15, 0.2) is 0 Å². The topological polar surface area (TPSA) is 107 Å². The molecule has 0 bridgehead atoms. The lowest BCUT2D eigenvalue weighted by Gasteiger charge is -2.23. The average molecular weight is 283 g/mol. The molecule has 1 aromatic rings. The van der Waals surface area contributed by atoms with Gasteiger partial charge < -0.3 is 25.5 Å². The third kappa shape index (κ3) is 5.41. The summed E-state index contributed by atoms with van der Waals surface area (Å²) in [7, 11) is 1.54. The number of methoxy groups -OCH3 is 1. The van der Waals surface area contributed by atoms with Crippen molar-refractivity contribution in [1.82, 2.24) is 9.88 Å². The van der Waals surface area contributed by atoms with Gasteiger partial charge in [-0.25, -0.2) is 0 Å². The Morgan fingerprint density at radius 2 is 2.25 bits per heavy atom. The highest BCUT2D eigenvalue weighted by Gasteiger charge is 2.20. The first kappa shape index (κ1) is 16.2. The van der Waals surface area contributed by atoms with Crippen molar-refractivity contribution in [1.29, 1.82) is 0 Å². The van der Waals surface area contributed by atoms with Crippen LogP contribution in [0.1, 0.15) is 13.3 Å². The van der Waals surface area contributed by atoms with E-state index in [2.05, 4.69) is 5.32 Å². The summed E-state index contributed by atoms with van der Waals surface area (Å²) >= 11 is 0. The van der Waals surface area contributed by atoms with Gasteiger partial charge in [0.1, 0.15) is 6.54 Å². The zero-order valence-electron chi connectivity index (χ0n) is 11.8. The lowest BCUT2D eigenvalue weighted by Crippen LogP contribution is -2.43. The van der Waals surface area contributed by atoms with Crippen molar-refractivity contribution in [2.24, 2.45) is 0 Å². The van der Waals surface area contributed by atoms with E-state index in [4.69, 9.17) is 10.5 Å². The van der Waals surface area contributed by atoms with Gasteiger partial charge in [-0.3, -0.25) is 9.59 Å². The molecule has 1 atom stereocenters. The monoisotopic (exact) mass is 283 g/mol. The second-order valence-electron chi connectivity index (χ2n) is 4.95. The van der Waals surface area contributed by atoms with Crippen molar-refractivity contribution in [3.63, 3.8) is 0 Å². The maximum Gasteiger partial charge on any atom is 0.251 e. The molecule has 0 radical (unpaired) electrons. The molecule has 1 rings (SSSR count). The summed E-state index contributed by atoms with van der Waals surface area (Å²) in [5, 5.41) is 12.6. The van der Waals surface area contributed by atoms with E-state index in [1.807, 2.05) is 0 Å². The summed E-state index contributed by atoms with van der Waals surface area (Å²) in [5.41, 5.74) is 4.61. The predicted molar refractivity (Wildman–Crippen MR) is 75.2 cm³/mol. The first-order valence-electron chi connectivity index (χ1n) is 6.28. The van der Waals surface area contributed by atoms with Crippen molar-refractivity contribution in [2.45, 2.75) is 25.5 Å². The number of pyridine rings is 1. The number of aromatic nitrogens is 1. The summed E-state index contributed by atoms with van der Waals surface area (Å²) in [5.74, 6) is -0.365. The number of anilines is 1. The number of nitrogens with zero attached hydrogens (tertiary/aromatic N) is 1. The van der Waals surface area contributed by atoms with Crippen LogP contribution in [0.5, 0.6) is 0 Å². The molecule has 0 saturated heterocycles. The highest BCUT2D eigenvalue weighted by Crippen LogP contribution is 2.07. The van der Waals surface area contributed by atoms with E-state index in [-0.39, 0.29) is 24.6 Å². The molecule has 4 N–H and O–H groups in total. The Labute approximate surface area is 117 Å². The molecule has 0 aromatic carbocycles. The molecule has 1 unspecified atom stereocenters. The zero-order chi connectivity index (χ0) is 15.2. The fourth-order valence-electron chi connectivity index (χ4n) is 1.58. The third-order valence-electron chi connectivity index (χ3n) is 2.83. The SMILES string of the molecule is COCCC(C)(O)CNC(=O)Cn1cc(N)ccc1=O. The Balaban J connectivity index is 2.52. The lowest BCUT2D eigenvalue weighted by atomic mass is 10.0. The predicted octanol–water partition coefficient (Wildman–Crippen LogP) is -0.666. The second kappa shape index (κ2) is 7.06. The fraction of sp³-hybridized carbons (Fsp3) is 0.538. The van der Waals surface area contributed by atoms with Crippen molar-refractivity contribution < 1.29 is 14.6 Å². The Morgan fingerprint density at radius 1 is 1.55 bits per heavy atom. The van der Waals surface area contributed by atoms with E-state index >= 15 is 0 Å². The van der Waals surface area contributed by atoms with Crippen molar-refractivity contribution in [3.8, 4) is 0 Å². The van der Waals surface area contributed by atoms with E-state index < -0.39 is 5.60 Å². The maximum absolute atomic E-state index is 11.7. The van der Waals surface area contributed by atoms with Gasteiger partial charge >= 0.3 is 0 Å². The maximum atomic E-state index is 11.7. The standard InChI is InChI=1S/C13H21N3O4/c1-13(19,5-6-20-2)9-15-11(17)8-16-7-10(14)3-4-12(16)18/h3-4,7,19H,5-6,8-9,14H2,1-2H3,(H,15,17). The van der Waals surface area contributed by atoms with Gasteiger partial charge in [0, 0.05) is 44.6 Å². The average Bonchev–Trinajstić information content (AvgIpc) is 2.39. The number of hydrogen-bond acceptors (Lipinski definition) is 5. The Hall–Kier alpha value is -1.86. The van der Waals surface area contributed by atoms with Crippen LogP contribution >= 0.6 is 0 Å². The van der Waals surface area contributed by atoms with Crippen LogP contribution in [-0.2, 0) is 16.1 Å². The van der Waals surface area contributed by atoms with Crippen LogP contribution in [0.15, 0.2) is 23.1 Å². The summed E-state index contributed by atoms with van der Waals surface area (Å²) in [6.07, 6.45) is 1.81. The van der Waals surface area contributed by atoms with Gasteiger partial charge in [-0.1, -0.05) is 0 Å². The Morgan fingerprint density at radius 3 is 2.90 bits per heavy atom. The van der Waals surface area contributed by atoms with E-state index in [0.29, 0.717) is 18.7 Å². The minimum atomic E-state index is -1.05. The summed E-state index contributed by atoms with van der Waals surface area (Å²) in [6.45, 7) is 1.97. The van der Waals surface area contributed by atoms with Crippen LogP contribution in [0.3, 0.4) is 0 Å². The highest BCUT2D eigenvalue weighted by molar-refractivity contribution is 5.75. The number of hydrogen-bond donors (Lipinski definition) is 3. The first-order valence-corrected chi connectivity index (χ1v) is 6.28. The number of nitrogens with one attached hydrogen (secondary N) is 1. The summed E-state index contributed by atoms with van der Waals surface area (Å²) in [4.78, 5) is 23.3. The molecule has 0 aliphatic heterocycles. The molecular weight excluding hydrogens is 262 g/mol. The van der Waals surface area contributed by atoms with Crippen LogP contribution in [0.2, 0.25) is 0 Å². The van der Waals surface area contributed by atoms with Gasteiger partial charge in [0.05, 0.1) is 5.60 Å². The molecule has 1 heterocycles. The number of nitrogen functional groups attached to an aromatic ring is 1. The number of aliphatic hydroxyl groups is 1. The highest BCUT2D eigenvalue weighted by atomic mass is 16.5. The van der Waals surface area contributed by atoms with Gasteiger partial charge in [0.25, 0.3) is 5.56 Å². The molecule has 7 heteroatoms. The van der Waals surface area contributed by atoms with E-state index in [0.717, 1.165) is 0 Å². The van der Waals surface area contributed by atoms with Crippen molar-refractivity contribution in [3.05, 3.63) is 28.7 Å².